The molecular weight excluding hydrogens is 488 g/mol. The second kappa shape index (κ2) is 10.7. The molecular formula is C31H32N6O2. The van der Waals surface area contributed by atoms with Gasteiger partial charge in [-0.2, -0.15) is 5.10 Å². The van der Waals surface area contributed by atoms with Crippen molar-refractivity contribution < 1.29 is 4.74 Å². The molecule has 1 saturated heterocycles. The summed E-state index contributed by atoms with van der Waals surface area (Å²) in [6, 6.07) is 26.6. The molecule has 8 heteroatoms. The molecule has 2 N–H and O–H groups in total. The lowest BCUT2D eigenvalue weighted by Gasteiger charge is -2.33. The van der Waals surface area contributed by atoms with Gasteiger partial charge in [-0.1, -0.05) is 48.5 Å². The topological polar surface area (TPSA) is 88.1 Å². The highest BCUT2D eigenvalue weighted by atomic mass is 16.5. The smallest absolute Gasteiger partial charge is 0.277 e. The highest BCUT2D eigenvalue weighted by molar-refractivity contribution is 5.81. The van der Waals surface area contributed by atoms with Crippen LogP contribution in [0.4, 0.5) is 5.69 Å². The van der Waals surface area contributed by atoms with E-state index in [1.807, 2.05) is 55.5 Å². The molecule has 0 spiro atoms. The van der Waals surface area contributed by atoms with Crippen LogP contribution in [0.3, 0.4) is 0 Å². The second-order valence-corrected chi connectivity index (χ2v) is 10.0. The van der Waals surface area contributed by atoms with Crippen LogP contribution in [0.15, 0.2) is 83.7 Å². The molecule has 0 aliphatic carbocycles. The number of anilines is 1. The molecule has 1 aliphatic rings. The van der Waals surface area contributed by atoms with Crippen molar-refractivity contribution in [2.75, 3.05) is 25.5 Å². The van der Waals surface area contributed by atoms with Gasteiger partial charge in [0.15, 0.2) is 5.52 Å². The number of rotatable bonds is 7. The van der Waals surface area contributed by atoms with Crippen LogP contribution < -0.4 is 15.6 Å². The van der Waals surface area contributed by atoms with Gasteiger partial charge in [-0.05, 0) is 49.6 Å². The molecule has 6 rings (SSSR count). The maximum atomic E-state index is 13.2. The Hall–Kier alpha value is -4.43. The van der Waals surface area contributed by atoms with E-state index in [1.54, 1.807) is 11.8 Å². The number of nitrogens with zero attached hydrogens (tertiary/aromatic N) is 4. The summed E-state index contributed by atoms with van der Waals surface area (Å²) in [5.41, 5.74) is 5.34. The summed E-state index contributed by atoms with van der Waals surface area (Å²) in [7, 11) is 1.64. The highest BCUT2D eigenvalue weighted by Crippen LogP contribution is 2.32. The van der Waals surface area contributed by atoms with Gasteiger partial charge in [0.25, 0.3) is 5.56 Å². The number of piperidine rings is 1. The van der Waals surface area contributed by atoms with Crippen molar-refractivity contribution in [1.82, 2.24) is 24.6 Å². The summed E-state index contributed by atoms with van der Waals surface area (Å²) >= 11 is 0. The normalized spacial score (nSPS) is 14.5. The number of nitrogens with one attached hydrogen (secondary N) is 2. The fraction of sp³-hybridized carbons (Fsp3) is 0.258. The average Bonchev–Trinajstić information content (AvgIpc) is 3.32. The van der Waals surface area contributed by atoms with E-state index in [9.17, 15) is 4.79 Å². The van der Waals surface area contributed by atoms with Crippen LogP contribution in [0.5, 0.6) is 5.75 Å². The molecule has 198 valence electrons. The van der Waals surface area contributed by atoms with E-state index < -0.39 is 0 Å². The standard InChI is InChI=1S/C31H32N6O2/c1-21-28-29(37(35-21)25-11-7-4-8-12-25)31(38)34-30(33-28)26-14-13-24(19-27(26)39-2)32-23-15-17-36(18-16-23)20-22-9-5-3-6-10-22/h3-14,19,23,32H,15-18,20H2,1-2H3,(H,33,34,38). The molecule has 0 radical (unpaired) electrons. The van der Waals surface area contributed by atoms with Crippen molar-refractivity contribution in [2.24, 2.45) is 0 Å². The number of benzene rings is 3. The molecule has 1 aliphatic heterocycles. The lowest BCUT2D eigenvalue weighted by molar-refractivity contribution is 0.211. The zero-order valence-electron chi connectivity index (χ0n) is 22.2. The minimum Gasteiger partial charge on any atom is -0.496 e. The number of fused-ring (bicyclic) bond motifs is 1. The minimum absolute atomic E-state index is 0.244. The number of aromatic nitrogens is 4. The molecule has 3 aromatic carbocycles. The van der Waals surface area contributed by atoms with Crippen molar-refractivity contribution in [3.63, 3.8) is 0 Å². The van der Waals surface area contributed by atoms with Crippen molar-refractivity contribution in [3.8, 4) is 22.8 Å². The third-order valence-corrected chi connectivity index (χ3v) is 7.36. The lowest BCUT2D eigenvalue weighted by atomic mass is 10.0. The van der Waals surface area contributed by atoms with E-state index in [1.165, 1.54) is 5.56 Å². The van der Waals surface area contributed by atoms with Gasteiger partial charge >= 0.3 is 0 Å². The maximum absolute atomic E-state index is 13.2. The molecule has 2 aromatic heterocycles. The predicted molar refractivity (Wildman–Crippen MR) is 155 cm³/mol. The van der Waals surface area contributed by atoms with Crippen LogP contribution in [-0.2, 0) is 6.54 Å². The summed E-state index contributed by atoms with van der Waals surface area (Å²) in [4.78, 5) is 23.5. The summed E-state index contributed by atoms with van der Waals surface area (Å²) in [5.74, 6) is 1.11. The Kier molecular flexibility index (Phi) is 6.85. The lowest BCUT2D eigenvalue weighted by Crippen LogP contribution is -2.38. The van der Waals surface area contributed by atoms with Crippen molar-refractivity contribution >= 4 is 16.7 Å². The van der Waals surface area contributed by atoms with Gasteiger partial charge < -0.3 is 15.0 Å². The molecule has 39 heavy (non-hydrogen) atoms. The Labute approximate surface area is 227 Å². The quantitative estimate of drug-likeness (QED) is 0.308. The van der Waals surface area contributed by atoms with E-state index in [2.05, 4.69) is 50.6 Å². The number of para-hydroxylation sites is 1. The van der Waals surface area contributed by atoms with E-state index >= 15 is 0 Å². The first-order valence-electron chi connectivity index (χ1n) is 13.4. The molecule has 0 unspecified atom stereocenters. The summed E-state index contributed by atoms with van der Waals surface area (Å²) in [6.45, 7) is 4.98. The molecule has 5 aromatic rings. The first-order chi connectivity index (χ1) is 19.1. The summed E-state index contributed by atoms with van der Waals surface area (Å²) in [5, 5.41) is 8.27. The third-order valence-electron chi connectivity index (χ3n) is 7.36. The number of aryl methyl sites for hydroxylation is 1. The van der Waals surface area contributed by atoms with Gasteiger partial charge in [-0.3, -0.25) is 9.69 Å². The molecule has 0 saturated carbocycles. The van der Waals surface area contributed by atoms with Crippen molar-refractivity contribution in [2.45, 2.75) is 32.4 Å². The van der Waals surface area contributed by atoms with Crippen LogP contribution in [0.25, 0.3) is 28.1 Å². The van der Waals surface area contributed by atoms with Gasteiger partial charge in [0.05, 0.1) is 24.1 Å². The Morgan fingerprint density at radius 1 is 1.00 bits per heavy atom. The zero-order chi connectivity index (χ0) is 26.8. The van der Waals surface area contributed by atoms with Gasteiger partial charge in [-0.15, -0.1) is 0 Å². The number of hydrogen-bond donors (Lipinski definition) is 2. The van der Waals surface area contributed by atoms with E-state index in [4.69, 9.17) is 9.72 Å². The zero-order valence-corrected chi connectivity index (χ0v) is 22.2. The van der Waals surface area contributed by atoms with Crippen molar-refractivity contribution in [3.05, 3.63) is 100 Å². The van der Waals surface area contributed by atoms with Crippen molar-refractivity contribution in [1.29, 1.82) is 0 Å². The van der Waals surface area contributed by atoms with E-state index in [0.717, 1.165) is 49.4 Å². The molecule has 0 bridgehead atoms. The highest BCUT2D eigenvalue weighted by Gasteiger charge is 2.21. The minimum atomic E-state index is -0.244. The van der Waals surface area contributed by atoms with E-state index in [-0.39, 0.29) is 5.56 Å². The number of methoxy groups -OCH3 is 1. The van der Waals surface area contributed by atoms with Crippen LogP contribution in [0, 0.1) is 6.92 Å². The average molecular weight is 521 g/mol. The number of aromatic amines is 1. The Balaban J connectivity index is 1.20. The van der Waals surface area contributed by atoms with Crippen LogP contribution >= 0.6 is 0 Å². The van der Waals surface area contributed by atoms with Crippen LogP contribution in [-0.4, -0.2) is 50.9 Å². The monoisotopic (exact) mass is 520 g/mol. The van der Waals surface area contributed by atoms with Crippen LogP contribution in [0.1, 0.15) is 24.1 Å². The Morgan fingerprint density at radius 3 is 2.44 bits per heavy atom. The van der Waals surface area contributed by atoms with Gasteiger partial charge in [-0.25, -0.2) is 9.67 Å². The summed E-state index contributed by atoms with van der Waals surface area (Å²) < 4.78 is 7.39. The second-order valence-electron chi connectivity index (χ2n) is 10.0. The predicted octanol–water partition coefficient (Wildman–Crippen LogP) is 5.17. The number of H-pyrrole nitrogens is 1. The SMILES string of the molecule is COc1cc(NC2CCN(Cc3ccccc3)CC2)ccc1-c1nc2c(C)nn(-c3ccccc3)c2c(=O)[nH]1. The molecule has 0 atom stereocenters. The number of likely N-dealkylation sites (tertiary alicyclic amines) is 1. The number of ether oxygens (including phenoxy) is 1. The number of hydrogen-bond acceptors (Lipinski definition) is 6. The first-order valence-corrected chi connectivity index (χ1v) is 13.4. The third kappa shape index (κ3) is 5.15. The molecule has 0 amide bonds. The van der Waals surface area contributed by atoms with Gasteiger partial charge in [0.1, 0.15) is 17.1 Å². The largest absolute Gasteiger partial charge is 0.496 e. The Morgan fingerprint density at radius 2 is 1.72 bits per heavy atom. The van der Waals surface area contributed by atoms with Gasteiger partial charge in [0, 0.05) is 37.4 Å². The fourth-order valence-corrected chi connectivity index (χ4v) is 5.34. The van der Waals surface area contributed by atoms with Gasteiger partial charge in [0.2, 0.25) is 0 Å². The summed E-state index contributed by atoms with van der Waals surface area (Å²) in [6.07, 6.45) is 2.15. The molecule has 8 nitrogen and oxygen atoms in total. The molecule has 1 fully saturated rings. The van der Waals surface area contributed by atoms with E-state index in [0.29, 0.717) is 34.3 Å². The first kappa shape index (κ1) is 24.9. The maximum Gasteiger partial charge on any atom is 0.277 e. The molecule has 3 heterocycles. The Bertz CT molecular complexity index is 1640. The van der Waals surface area contributed by atoms with Crippen LogP contribution in [0.2, 0.25) is 0 Å². The fourth-order valence-electron chi connectivity index (χ4n) is 5.34.